The number of nitrogen functional groups attached to an aromatic ring is 2. The Balaban J connectivity index is 2.52. The van der Waals surface area contributed by atoms with E-state index in [4.69, 9.17) is 21.7 Å². The number of rotatable bonds is 3. The van der Waals surface area contributed by atoms with E-state index in [2.05, 4.69) is 30.4 Å². The van der Waals surface area contributed by atoms with E-state index in [1.54, 1.807) is 0 Å². The summed E-state index contributed by atoms with van der Waals surface area (Å²) in [4.78, 5) is 28.2. The normalized spacial score (nSPS) is 10.2. The summed E-state index contributed by atoms with van der Waals surface area (Å²) in [6, 6.07) is 0. The highest BCUT2D eigenvalue weighted by Gasteiger charge is 2.19. The molecule has 0 saturated carbocycles. The minimum absolute atomic E-state index is 0.149. The van der Waals surface area contributed by atoms with Crippen molar-refractivity contribution in [1.29, 1.82) is 0 Å². The van der Waals surface area contributed by atoms with Crippen molar-refractivity contribution >= 4 is 23.6 Å². The van der Waals surface area contributed by atoms with Crippen LogP contribution in [0.5, 0.6) is 0 Å². The summed E-state index contributed by atoms with van der Waals surface area (Å²) >= 11 is 0. The average Bonchev–Trinajstić information content (AvgIpc) is 2.38. The first-order chi connectivity index (χ1) is 9.40. The number of nitrogens with zero attached hydrogens (tertiary/aromatic N) is 6. The van der Waals surface area contributed by atoms with Crippen LogP contribution in [-0.4, -0.2) is 52.5 Å². The predicted molar refractivity (Wildman–Crippen MR) is 61.4 cm³/mol. The third-order valence-corrected chi connectivity index (χ3v) is 2.03. The third-order valence-electron chi connectivity index (χ3n) is 2.03. The van der Waals surface area contributed by atoms with Gasteiger partial charge in [-0.05, 0) is 0 Å². The van der Waals surface area contributed by atoms with Gasteiger partial charge in [0.1, 0.15) is 0 Å². The van der Waals surface area contributed by atoms with Crippen molar-refractivity contribution in [3.8, 4) is 11.4 Å². The summed E-state index contributed by atoms with van der Waals surface area (Å²) in [5.41, 5.74) is 10.7. The lowest BCUT2D eigenvalue weighted by atomic mass is 10.3. The van der Waals surface area contributed by atoms with Gasteiger partial charge in [0.15, 0.2) is 23.0 Å². The number of hydrogen-bond donors (Lipinski definition) is 4. The first-order valence-electron chi connectivity index (χ1n) is 4.87. The topological polar surface area (TPSA) is 204 Å². The standard InChI is InChI=1S/C8H6N8O4/c9-3-1(13-15-5(11-3)7(17)18)2-4(10)12-6(8(19)20)16-14-2/h(H,17,18)(H,19,20)(H2,9,11,15)(H2,10,12,16). The molecule has 0 aliphatic heterocycles. The first-order valence-corrected chi connectivity index (χ1v) is 4.87. The van der Waals surface area contributed by atoms with E-state index in [0.717, 1.165) is 0 Å². The van der Waals surface area contributed by atoms with Crippen LogP contribution < -0.4 is 11.5 Å². The molecule has 0 atom stereocenters. The molecule has 102 valence electrons. The molecule has 0 unspecified atom stereocenters. The van der Waals surface area contributed by atoms with Gasteiger partial charge in [0.2, 0.25) is 0 Å². The second-order valence-electron chi connectivity index (χ2n) is 3.35. The number of anilines is 2. The maximum Gasteiger partial charge on any atom is 0.375 e. The van der Waals surface area contributed by atoms with Crippen LogP contribution in [0.25, 0.3) is 11.4 Å². The molecule has 0 saturated heterocycles. The lowest BCUT2D eigenvalue weighted by Gasteiger charge is -2.04. The summed E-state index contributed by atoms with van der Waals surface area (Å²) in [6.45, 7) is 0. The fourth-order valence-electron chi connectivity index (χ4n) is 1.19. The molecule has 0 aliphatic rings. The molecule has 2 aromatic rings. The van der Waals surface area contributed by atoms with E-state index >= 15 is 0 Å². The molecular weight excluding hydrogens is 272 g/mol. The summed E-state index contributed by atoms with van der Waals surface area (Å²) in [6.07, 6.45) is 0. The minimum atomic E-state index is -1.41. The van der Waals surface area contributed by atoms with Crippen molar-refractivity contribution < 1.29 is 19.8 Å². The summed E-state index contributed by atoms with van der Waals surface area (Å²) in [5.74, 6) is -4.63. The zero-order chi connectivity index (χ0) is 14.9. The smallest absolute Gasteiger partial charge is 0.375 e. The first kappa shape index (κ1) is 13.0. The van der Waals surface area contributed by atoms with Gasteiger partial charge >= 0.3 is 11.9 Å². The maximum absolute atomic E-state index is 10.6. The molecule has 0 amide bonds. The Morgan fingerprint density at radius 3 is 1.35 bits per heavy atom. The largest absolute Gasteiger partial charge is 0.475 e. The molecule has 20 heavy (non-hydrogen) atoms. The number of carboxylic acid groups (broad SMARTS) is 2. The minimum Gasteiger partial charge on any atom is -0.475 e. The average molecular weight is 278 g/mol. The second kappa shape index (κ2) is 4.68. The Bertz CT molecular complexity index is 656. The van der Waals surface area contributed by atoms with E-state index in [1.165, 1.54) is 0 Å². The van der Waals surface area contributed by atoms with Gasteiger partial charge in [-0.25, -0.2) is 19.6 Å². The molecule has 0 radical (unpaired) electrons. The van der Waals surface area contributed by atoms with Crippen molar-refractivity contribution in [2.45, 2.75) is 0 Å². The summed E-state index contributed by atoms with van der Waals surface area (Å²) in [7, 11) is 0. The van der Waals surface area contributed by atoms with Gasteiger partial charge in [-0.15, -0.1) is 20.4 Å². The highest BCUT2D eigenvalue weighted by atomic mass is 16.4. The lowest BCUT2D eigenvalue weighted by molar-refractivity contribution is 0.0671. The molecule has 2 rings (SSSR count). The summed E-state index contributed by atoms with van der Waals surface area (Å²) in [5, 5.41) is 31.0. The molecule has 2 aromatic heterocycles. The Morgan fingerprint density at radius 2 is 1.10 bits per heavy atom. The zero-order valence-electron chi connectivity index (χ0n) is 9.55. The van der Waals surface area contributed by atoms with E-state index in [9.17, 15) is 9.59 Å². The third kappa shape index (κ3) is 2.24. The molecule has 0 aliphatic carbocycles. The van der Waals surface area contributed by atoms with Gasteiger partial charge in [0.05, 0.1) is 0 Å². The predicted octanol–water partition coefficient (Wildman–Crippen LogP) is -1.72. The van der Waals surface area contributed by atoms with Crippen LogP contribution in [0.1, 0.15) is 21.2 Å². The fourth-order valence-corrected chi connectivity index (χ4v) is 1.19. The van der Waals surface area contributed by atoms with Crippen molar-refractivity contribution in [1.82, 2.24) is 30.4 Å². The highest BCUT2D eigenvalue weighted by molar-refractivity contribution is 5.85. The molecule has 0 aromatic carbocycles. The highest BCUT2D eigenvalue weighted by Crippen LogP contribution is 2.22. The van der Waals surface area contributed by atoms with Gasteiger partial charge in [-0.1, -0.05) is 0 Å². The fraction of sp³-hybridized carbons (Fsp3) is 0. The molecule has 12 nitrogen and oxygen atoms in total. The number of carbonyl (C=O) groups is 2. The van der Waals surface area contributed by atoms with Gasteiger partial charge in [0.25, 0.3) is 11.6 Å². The molecule has 2 heterocycles. The van der Waals surface area contributed by atoms with Crippen molar-refractivity contribution in [3.63, 3.8) is 0 Å². The number of carboxylic acids is 2. The second-order valence-corrected chi connectivity index (χ2v) is 3.35. The van der Waals surface area contributed by atoms with Crippen molar-refractivity contribution in [2.75, 3.05) is 11.5 Å². The van der Waals surface area contributed by atoms with Gasteiger partial charge in [0, 0.05) is 0 Å². The van der Waals surface area contributed by atoms with Crippen LogP contribution in [0.3, 0.4) is 0 Å². The number of nitrogens with two attached hydrogens (primary N) is 2. The molecule has 6 N–H and O–H groups in total. The maximum atomic E-state index is 10.6. The van der Waals surface area contributed by atoms with Crippen molar-refractivity contribution in [2.24, 2.45) is 0 Å². The van der Waals surface area contributed by atoms with Gasteiger partial charge < -0.3 is 21.7 Å². The Morgan fingerprint density at radius 1 is 0.750 bits per heavy atom. The van der Waals surface area contributed by atoms with Crippen LogP contribution in [0, 0.1) is 0 Å². The molecule has 0 bridgehead atoms. The Hall–Kier alpha value is -3.44. The van der Waals surface area contributed by atoms with Crippen molar-refractivity contribution in [3.05, 3.63) is 11.6 Å². The molecular formula is C8H6N8O4. The molecule has 12 heteroatoms. The molecule has 0 spiro atoms. The van der Waals surface area contributed by atoms with Crippen LogP contribution in [-0.2, 0) is 0 Å². The lowest BCUT2D eigenvalue weighted by Crippen LogP contribution is -2.13. The van der Waals surface area contributed by atoms with E-state index in [1.807, 2.05) is 0 Å². The quantitative estimate of drug-likeness (QED) is 0.494. The Labute approximate surface area is 109 Å². The zero-order valence-corrected chi connectivity index (χ0v) is 9.55. The Kier molecular flexibility index (Phi) is 3.04. The summed E-state index contributed by atoms with van der Waals surface area (Å²) < 4.78 is 0. The monoisotopic (exact) mass is 278 g/mol. The van der Waals surface area contributed by atoms with Gasteiger partial charge in [-0.3, -0.25) is 0 Å². The van der Waals surface area contributed by atoms with Gasteiger partial charge in [-0.2, -0.15) is 0 Å². The van der Waals surface area contributed by atoms with E-state index in [-0.39, 0.29) is 23.0 Å². The molecule has 0 fully saturated rings. The number of hydrogen-bond acceptors (Lipinski definition) is 10. The van der Waals surface area contributed by atoms with Crippen LogP contribution in [0.15, 0.2) is 0 Å². The van der Waals surface area contributed by atoms with Crippen LogP contribution >= 0.6 is 0 Å². The SMILES string of the molecule is Nc1nc(C(=O)O)nnc1-c1nnc(C(=O)O)nc1N. The van der Waals surface area contributed by atoms with E-state index < -0.39 is 23.6 Å². The number of aromatic nitrogens is 6. The van der Waals surface area contributed by atoms with E-state index in [0.29, 0.717) is 0 Å². The number of aromatic carboxylic acids is 2. The van der Waals surface area contributed by atoms with Crippen LogP contribution in [0.4, 0.5) is 11.6 Å². The van der Waals surface area contributed by atoms with Crippen LogP contribution in [0.2, 0.25) is 0 Å².